The van der Waals surface area contributed by atoms with Crippen molar-refractivity contribution in [2.75, 3.05) is 12.3 Å². The van der Waals surface area contributed by atoms with Crippen molar-refractivity contribution >= 4 is 17.6 Å². The van der Waals surface area contributed by atoms with Gasteiger partial charge in [-0.1, -0.05) is 27.7 Å². The number of aliphatic hydroxyl groups is 1. The Morgan fingerprint density at radius 1 is 1.35 bits per heavy atom. The minimum atomic E-state index is -0.125. The van der Waals surface area contributed by atoms with Crippen LogP contribution in [0, 0.1) is 6.92 Å². The third-order valence-corrected chi connectivity index (χ3v) is 3.55. The van der Waals surface area contributed by atoms with Gasteiger partial charge in [-0.3, -0.25) is 0 Å². The maximum atomic E-state index is 9.09. The summed E-state index contributed by atoms with van der Waals surface area (Å²) in [7, 11) is 0. The number of aliphatic hydroxyl groups excluding tert-OH is 1. The summed E-state index contributed by atoms with van der Waals surface area (Å²) in [5, 5.41) is 10.1. The van der Waals surface area contributed by atoms with E-state index in [-0.39, 0.29) is 17.3 Å². The second kappa shape index (κ2) is 5.23. The van der Waals surface area contributed by atoms with Gasteiger partial charge in [0.25, 0.3) is 0 Å². The number of nitrogens with zero attached hydrogens (tertiary/aromatic N) is 2. The van der Waals surface area contributed by atoms with Gasteiger partial charge in [0, 0.05) is 16.2 Å². The summed E-state index contributed by atoms with van der Waals surface area (Å²) in [4.78, 5) is 8.88. The summed E-state index contributed by atoms with van der Waals surface area (Å²) in [5.74, 6) is 1.27. The number of rotatable bonds is 3. The molecule has 1 rings (SSSR count). The van der Waals surface area contributed by atoms with Crippen LogP contribution in [0.2, 0.25) is 0 Å². The summed E-state index contributed by atoms with van der Waals surface area (Å²) in [6.45, 7) is 10.2. The first-order valence-corrected chi connectivity index (χ1v) is 6.55. The molecule has 5 heteroatoms. The van der Waals surface area contributed by atoms with E-state index in [1.807, 2.05) is 13.8 Å². The van der Waals surface area contributed by atoms with Crippen LogP contribution in [-0.2, 0) is 5.41 Å². The van der Waals surface area contributed by atoms with Gasteiger partial charge in [-0.05, 0) is 6.92 Å². The van der Waals surface area contributed by atoms with Gasteiger partial charge in [-0.2, -0.15) is 0 Å². The van der Waals surface area contributed by atoms with Crippen molar-refractivity contribution in [2.24, 2.45) is 0 Å². The van der Waals surface area contributed by atoms with E-state index in [0.717, 1.165) is 16.4 Å². The molecule has 1 unspecified atom stereocenters. The van der Waals surface area contributed by atoms with E-state index in [2.05, 4.69) is 30.7 Å². The minimum absolute atomic E-state index is 0.107. The number of anilines is 1. The summed E-state index contributed by atoms with van der Waals surface area (Å²) >= 11 is 1.53. The van der Waals surface area contributed by atoms with Gasteiger partial charge < -0.3 is 10.8 Å². The van der Waals surface area contributed by atoms with Crippen LogP contribution in [0.5, 0.6) is 0 Å². The first kappa shape index (κ1) is 14.3. The molecule has 96 valence electrons. The molecule has 4 nitrogen and oxygen atoms in total. The number of thioether (sulfide) groups is 1. The van der Waals surface area contributed by atoms with Gasteiger partial charge in [0.2, 0.25) is 0 Å². The van der Waals surface area contributed by atoms with Gasteiger partial charge in [0.15, 0.2) is 0 Å². The molecule has 0 amide bonds. The van der Waals surface area contributed by atoms with Crippen LogP contribution in [0.15, 0.2) is 5.03 Å². The second-order valence-corrected chi connectivity index (χ2v) is 6.65. The second-order valence-electron chi connectivity index (χ2n) is 5.22. The van der Waals surface area contributed by atoms with E-state index < -0.39 is 0 Å². The van der Waals surface area contributed by atoms with E-state index in [9.17, 15) is 0 Å². The van der Waals surface area contributed by atoms with Gasteiger partial charge in [0.1, 0.15) is 16.7 Å². The molecule has 0 bridgehead atoms. The molecule has 0 aromatic carbocycles. The van der Waals surface area contributed by atoms with Crippen molar-refractivity contribution < 1.29 is 5.11 Å². The zero-order valence-electron chi connectivity index (χ0n) is 11.1. The summed E-state index contributed by atoms with van der Waals surface area (Å²) in [6.07, 6.45) is 0. The molecule has 0 fully saturated rings. The Morgan fingerprint density at radius 3 is 2.41 bits per heavy atom. The monoisotopic (exact) mass is 255 g/mol. The number of aromatic nitrogens is 2. The lowest BCUT2D eigenvalue weighted by Crippen LogP contribution is -2.18. The number of hydrogen-bond acceptors (Lipinski definition) is 5. The molecule has 3 N–H and O–H groups in total. The summed E-state index contributed by atoms with van der Waals surface area (Å²) in [6, 6.07) is 0. The Kier molecular flexibility index (Phi) is 4.38. The molecule has 17 heavy (non-hydrogen) atoms. The highest BCUT2D eigenvalue weighted by molar-refractivity contribution is 7.99. The Hall–Kier alpha value is -0.810. The molecular formula is C12H21N3OS. The van der Waals surface area contributed by atoms with Crippen LogP contribution in [0.4, 0.5) is 5.82 Å². The first-order valence-electron chi connectivity index (χ1n) is 5.67. The van der Waals surface area contributed by atoms with Crippen molar-refractivity contribution in [3.63, 3.8) is 0 Å². The lowest BCUT2D eigenvalue weighted by molar-refractivity contribution is 0.300. The third-order valence-electron chi connectivity index (χ3n) is 2.38. The first-order chi connectivity index (χ1) is 7.75. The molecule has 1 heterocycles. The van der Waals surface area contributed by atoms with Crippen molar-refractivity contribution in [2.45, 2.75) is 50.3 Å². The quantitative estimate of drug-likeness (QED) is 0.639. The lowest BCUT2D eigenvalue weighted by Gasteiger charge is -2.19. The molecule has 0 saturated heterocycles. The fourth-order valence-corrected chi connectivity index (χ4v) is 2.07. The third kappa shape index (κ3) is 3.57. The number of hydrogen-bond donors (Lipinski definition) is 2. The van der Waals surface area contributed by atoms with Crippen LogP contribution in [0.1, 0.15) is 39.1 Å². The molecule has 0 aliphatic heterocycles. The van der Waals surface area contributed by atoms with Crippen LogP contribution in [0.25, 0.3) is 0 Å². The molecular weight excluding hydrogens is 234 g/mol. The van der Waals surface area contributed by atoms with E-state index in [1.54, 1.807) is 0 Å². The number of nitrogen functional groups attached to an aromatic ring is 1. The smallest absolute Gasteiger partial charge is 0.137 e. The highest BCUT2D eigenvalue weighted by Gasteiger charge is 2.21. The topological polar surface area (TPSA) is 72.0 Å². The molecule has 1 atom stereocenters. The van der Waals surface area contributed by atoms with Gasteiger partial charge in [-0.15, -0.1) is 11.8 Å². The molecule has 1 aromatic heterocycles. The van der Waals surface area contributed by atoms with E-state index in [4.69, 9.17) is 10.8 Å². The minimum Gasteiger partial charge on any atom is -0.395 e. The average molecular weight is 255 g/mol. The SMILES string of the molecule is Cc1c(N)nc(C(C)(C)C)nc1SC(C)CO. The highest BCUT2D eigenvalue weighted by Crippen LogP contribution is 2.29. The van der Waals surface area contributed by atoms with Gasteiger partial charge in [0.05, 0.1) is 6.61 Å². The zero-order chi connectivity index (χ0) is 13.2. The van der Waals surface area contributed by atoms with Crippen LogP contribution < -0.4 is 5.73 Å². The lowest BCUT2D eigenvalue weighted by atomic mass is 9.95. The molecule has 0 radical (unpaired) electrons. The highest BCUT2D eigenvalue weighted by atomic mass is 32.2. The summed E-state index contributed by atoms with van der Waals surface area (Å²) in [5.41, 5.74) is 6.67. The van der Waals surface area contributed by atoms with E-state index in [1.165, 1.54) is 11.8 Å². The molecule has 0 spiro atoms. The maximum Gasteiger partial charge on any atom is 0.137 e. The van der Waals surface area contributed by atoms with Crippen molar-refractivity contribution in [1.82, 2.24) is 9.97 Å². The molecule has 0 saturated carbocycles. The van der Waals surface area contributed by atoms with Gasteiger partial charge >= 0.3 is 0 Å². The van der Waals surface area contributed by atoms with E-state index in [0.29, 0.717) is 5.82 Å². The Labute approximate surface area is 107 Å². The predicted molar refractivity (Wildman–Crippen MR) is 72.3 cm³/mol. The standard InChI is InChI=1S/C12H21N3OS/c1-7(6-16)17-10-8(2)9(13)14-11(15-10)12(3,4)5/h7,16H,6H2,1-5H3,(H2,13,14,15). The number of nitrogens with two attached hydrogens (primary N) is 1. The van der Waals surface area contributed by atoms with Crippen molar-refractivity contribution in [3.8, 4) is 0 Å². The van der Waals surface area contributed by atoms with Crippen molar-refractivity contribution in [1.29, 1.82) is 0 Å². The summed E-state index contributed by atoms with van der Waals surface area (Å²) < 4.78 is 0. The fourth-order valence-electron chi connectivity index (χ4n) is 1.19. The van der Waals surface area contributed by atoms with Crippen molar-refractivity contribution in [3.05, 3.63) is 11.4 Å². The average Bonchev–Trinajstić information content (AvgIpc) is 2.22. The largest absolute Gasteiger partial charge is 0.395 e. The van der Waals surface area contributed by atoms with Crippen LogP contribution in [0.3, 0.4) is 0 Å². The molecule has 0 aliphatic rings. The maximum absolute atomic E-state index is 9.09. The fraction of sp³-hybridized carbons (Fsp3) is 0.667. The Bertz CT molecular complexity index is 401. The van der Waals surface area contributed by atoms with Crippen LogP contribution in [-0.4, -0.2) is 26.9 Å². The predicted octanol–water partition coefficient (Wildman–Crippen LogP) is 2.14. The van der Waals surface area contributed by atoms with Crippen LogP contribution >= 0.6 is 11.8 Å². The zero-order valence-corrected chi connectivity index (χ0v) is 11.9. The Balaban J connectivity index is 3.16. The molecule has 1 aromatic rings. The van der Waals surface area contributed by atoms with E-state index >= 15 is 0 Å². The van der Waals surface area contributed by atoms with Gasteiger partial charge in [-0.25, -0.2) is 9.97 Å². The normalized spacial score (nSPS) is 13.8. The Morgan fingerprint density at radius 2 is 1.94 bits per heavy atom. The molecule has 0 aliphatic carbocycles.